The molecule has 1 heterocycles. The maximum atomic E-state index is 12.7. The number of rotatable bonds is 3. The average Bonchev–Trinajstić information content (AvgIpc) is 2.43. The van der Waals surface area contributed by atoms with Crippen LogP contribution in [0.25, 0.3) is 0 Å². The average molecular weight is 327 g/mol. The summed E-state index contributed by atoms with van der Waals surface area (Å²) in [5.41, 5.74) is 7.84. The summed E-state index contributed by atoms with van der Waals surface area (Å²) in [4.78, 5) is 14.6. The van der Waals surface area contributed by atoms with Crippen LogP contribution in [-0.2, 0) is 0 Å². The number of halogens is 1. The smallest absolute Gasteiger partial charge is 0.254 e. The molecule has 1 aliphatic heterocycles. The monoisotopic (exact) mass is 326 g/mol. The van der Waals surface area contributed by atoms with Gasteiger partial charge < -0.3 is 15.4 Å². The molecule has 2 N–H and O–H groups in total. The molecular formula is C17H27ClN2O2. The van der Waals surface area contributed by atoms with Crippen molar-refractivity contribution in [2.75, 3.05) is 19.7 Å². The number of hydrogen-bond acceptors (Lipinski definition) is 3. The van der Waals surface area contributed by atoms with Crippen molar-refractivity contribution in [1.82, 2.24) is 4.90 Å². The molecule has 1 fully saturated rings. The molecule has 5 heteroatoms. The standard InChI is InChI=1S/C17H26N2O2.ClH/c1-5-21-14-10-13(7-6-12(14)2)16(20)19-9-8-15(18)17(3,4)11-19;/h6-7,10,15H,5,8-9,11,18H2,1-4H3;1H. The van der Waals surface area contributed by atoms with Crippen molar-refractivity contribution in [2.45, 2.75) is 40.2 Å². The third-order valence-corrected chi connectivity index (χ3v) is 4.33. The predicted octanol–water partition coefficient (Wildman–Crippen LogP) is 3.01. The summed E-state index contributed by atoms with van der Waals surface area (Å²) in [6, 6.07) is 5.82. The van der Waals surface area contributed by atoms with E-state index in [0.717, 1.165) is 24.3 Å². The molecule has 1 unspecified atom stereocenters. The van der Waals surface area contributed by atoms with Gasteiger partial charge in [-0.2, -0.15) is 0 Å². The number of hydrogen-bond donors (Lipinski definition) is 1. The fourth-order valence-corrected chi connectivity index (χ4v) is 2.77. The number of benzene rings is 1. The van der Waals surface area contributed by atoms with E-state index in [9.17, 15) is 4.79 Å². The quantitative estimate of drug-likeness (QED) is 0.929. The van der Waals surface area contributed by atoms with Gasteiger partial charge in [0.25, 0.3) is 5.91 Å². The van der Waals surface area contributed by atoms with Crippen molar-refractivity contribution in [3.05, 3.63) is 29.3 Å². The second kappa shape index (κ2) is 7.34. The Bertz CT molecular complexity index is 531. The van der Waals surface area contributed by atoms with E-state index in [2.05, 4.69) is 13.8 Å². The maximum Gasteiger partial charge on any atom is 0.254 e. The second-order valence-electron chi connectivity index (χ2n) is 6.52. The highest BCUT2D eigenvalue weighted by molar-refractivity contribution is 5.94. The minimum Gasteiger partial charge on any atom is -0.494 e. The van der Waals surface area contributed by atoms with E-state index in [1.165, 1.54) is 0 Å². The van der Waals surface area contributed by atoms with E-state index in [4.69, 9.17) is 10.5 Å². The van der Waals surface area contributed by atoms with Gasteiger partial charge >= 0.3 is 0 Å². The normalized spacial score (nSPS) is 20.2. The summed E-state index contributed by atoms with van der Waals surface area (Å²) in [7, 11) is 0. The summed E-state index contributed by atoms with van der Waals surface area (Å²) in [6.45, 7) is 10.2. The lowest BCUT2D eigenvalue weighted by atomic mass is 9.79. The molecule has 1 saturated heterocycles. The van der Waals surface area contributed by atoms with Gasteiger partial charge in [-0.05, 0) is 43.4 Å². The van der Waals surface area contributed by atoms with Crippen LogP contribution in [0, 0.1) is 12.3 Å². The minimum absolute atomic E-state index is 0. The number of piperidine rings is 1. The Hall–Kier alpha value is -1.26. The van der Waals surface area contributed by atoms with Gasteiger partial charge in [0.15, 0.2) is 0 Å². The first-order valence-corrected chi connectivity index (χ1v) is 7.63. The van der Waals surface area contributed by atoms with Crippen molar-refractivity contribution < 1.29 is 9.53 Å². The second-order valence-corrected chi connectivity index (χ2v) is 6.52. The minimum atomic E-state index is -0.0403. The molecule has 22 heavy (non-hydrogen) atoms. The van der Waals surface area contributed by atoms with Crippen molar-refractivity contribution in [3.8, 4) is 5.75 Å². The van der Waals surface area contributed by atoms with Crippen LogP contribution in [0.5, 0.6) is 5.75 Å². The Kier molecular flexibility index (Phi) is 6.27. The highest BCUT2D eigenvalue weighted by Crippen LogP contribution is 2.29. The van der Waals surface area contributed by atoms with Crippen LogP contribution in [0.15, 0.2) is 18.2 Å². The molecule has 4 nitrogen and oxygen atoms in total. The molecule has 1 atom stereocenters. The summed E-state index contributed by atoms with van der Waals surface area (Å²) in [5.74, 6) is 0.854. The Labute approximate surface area is 139 Å². The Balaban J connectivity index is 0.00000242. The van der Waals surface area contributed by atoms with Crippen LogP contribution in [-0.4, -0.2) is 36.5 Å². The van der Waals surface area contributed by atoms with Crippen molar-refractivity contribution in [2.24, 2.45) is 11.1 Å². The summed E-state index contributed by atoms with van der Waals surface area (Å²) in [6.07, 6.45) is 0.850. The highest BCUT2D eigenvalue weighted by atomic mass is 35.5. The molecule has 0 saturated carbocycles. The summed E-state index contributed by atoms with van der Waals surface area (Å²) in [5, 5.41) is 0. The summed E-state index contributed by atoms with van der Waals surface area (Å²) < 4.78 is 5.58. The highest BCUT2D eigenvalue weighted by Gasteiger charge is 2.35. The molecule has 1 aromatic carbocycles. The largest absolute Gasteiger partial charge is 0.494 e. The van der Waals surface area contributed by atoms with Crippen LogP contribution in [0.4, 0.5) is 0 Å². The first-order valence-electron chi connectivity index (χ1n) is 7.63. The molecule has 2 rings (SSSR count). The molecule has 0 aromatic heterocycles. The molecule has 0 bridgehead atoms. The number of ether oxygens (including phenoxy) is 1. The number of aryl methyl sites for hydroxylation is 1. The molecule has 0 spiro atoms. The Morgan fingerprint density at radius 2 is 2.14 bits per heavy atom. The number of nitrogens with two attached hydrogens (primary N) is 1. The Morgan fingerprint density at radius 1 is 1.45 bits per heavy atom. The summed E-state index contributed by atoms with van der Waals surface area (Å²) >= 11 is 0. The van der Waals surface area contributed by atoms with E-state index in [1.807, 2.05) is 36.9 Å². The van der Waals surface area contributed by atoms with Gasteiger partial charge in [0, 0.05) is 24.7 Å². The van der Waals surface area contributed by atoms with Crippen molar-refractivity contribution in [3.63, 3.8) is 0 Å². The number of nitrogens with zero attached hydrogens (tertiary/aromatic N) is 1. The van der Waals surface area contributed by atoms with E-state index in [1.54, 1.807) is 0 Å². The van der Waals surface area contributed by atoms with Crippen LogP contribution < -0.4 is 10.5 Å². The predicted molar refractivity (Wildman–Crippen MR) is 91.9 cm³/mol. The zero-order chi connectivity index (χ0) is 15.6. The van der Waals surface area contributed by atoms with E-state index >= 15 is 0 Å². The number of carbonyl (C=O) groups is 1. The first-order chi connectivity index (χ1) is 9.85. The van der Waals surface area contributed by atoms with Crippen molar-refractivity contribution in [1.29, 1.82) is 0 Å². The van der Waals surface area contributed by atoms with Crippen molar-refractivity contribution >= 4 is 18.3 Å². The zero-order valence-electron chi connectivity index (χ0n) is 13.9. The van der Waals surface area contributed by atoms with Gasteiger partial charge in [0.05, 0.1) is 6.61 Å². The van der Waals surface area contributed by atoms with Gasteiger partial charge in [-0.1, -0.05) is 19.9 Å². The van der Waals surface area contributed by atoms with Gasteiger partial charge in [-0.15, -0.1) is 12.4 Å². The van der Waals surface area contributed by atoms with Gasteiger partial charge in [-0.25, -0.2) is 0 Å². The van der Waals surface area contributed by atoms with Gasteiger partial charge in [0.2, 0.25) is 0 Å². The number of amides is 1. The zero-order valence-corrected chi connectivity index (χ0v) is 14.7. The molecule has 1 amide bonds. The van der Waals surface area contributed by atoms with Gasteiger partial charge in [0.1, 0.15) is 5.75 Å². The lowest BCUT2D eigenvalue weighted by Gasteiger charge is -2.42. The number of likely N-dealkylation sites (tertiary alicyclic amines) is 1. The number of carbonyl (C=O) groups excluding carboxylic acids is 1. The SMILES string of the molecule is CCOc1cc(C(=O)N2CCC(N)C(C)(C)C2)ccc1C.Cl. The lowest BCUT2D eigenvalue weighted by Crippen LogP contribution is -2.54. The van der Waals surface area contributed by atoms with Crippen LogP contribution >= 0.6 is 12.4 Å². The molecule has 1 aromatic rings. The fraction of sp³-hybridized carbons (Fsp3) is 0.588. The maximum absolute atomic E-state index is 12.7. The molecule has 124 valence electrons. The van der Waals surface area contributed by atoms with E-state index < -0.39 is 0 Å². The van der Waals surface area contributed by atoms with Crippen LogP contribution in [0.1, 0.15) is 43.1 Å². The molecule has 0 radical (unpaired) electrons. The third kappa shape index (κ3) is 3.93. The Morgan fingerprint density at radius 3 is 2.73 bits per heavy atom. The van der Waals surface area contributed by atoms with E-state index in [0.29, 0.717) is 18.7 Å². The molecule has 0 aliphatic carbocycles. The lowest BCUT2D eigenvalue weighted by molar-refractivity contribution is 0.0532. The third-order valence-electron chi connectivity index (χ3n) is 4.33. The van der Waals surface area contributed by atoms with Crippen LogP contribution in [0.3, 0.4) is 0 Å². The van der Waals surface area contributed by atoms with E-state index in [-0.39, 0.29) is 29.8 Å². The topological polar surface area (TPSA) is 55.6 Å². The van der Waals surface area contributed by atoms with Crippen LogP contribution in [0.2, 0.25) is 0 Å². The van der Waals surface area contributed by atoms with Gasteiger partial charge in [-0.3, -0.25) is 4.79 Å². The first kappa shape index (κ1) is 18.8. The fourth-order valence-electron chi connectivity index (χ4n) is 2.77. The molecular weight excluding hydrogens is 300 g/mol. The molecule has 1 aliphatic rings.